The lowest BCUT2D eigenvalue weighted by atomic mass is 9.59. The van der Waals surface area contributed by atoms with Gasteiger partial charge in [0.05, 0.1) is 34.3 Å². The van der Waals surface area contributed by atoms with Crippen molar-refractivity contribution >= 4 is 44.0 Å². The first-order valence-electron chi connectivity index (χ1n) is 26.0. The number of nitrogens with one attached hydrogen (secondary N) is 3. The van der Waals surface area contributed by atoms with Gasteiger partial charge in [0.15, 0.2) is 0 Å². The largest absolute Gasteiger partial charge is 0.497 e. The van der Waals surface area contributed by atoms with E-state index in [0.717, 1.165) is 99.6 Å². The highest BCUT2D eigenvalue weighted by molar-refractivity contribution is 7.90. The molecule has 390 valence electrons. The van der Waals surface area contributed by atoms with E-state index in [1.165, 1.54) is 29.5 Å². The van der Waals surface area contributed by atoms with Crippen LogP contribution in [0.15, 0.2) is 114 Å². The minimum atomic E-state index is -4.59. The number of benzene rings is 4. The van der Waals surface area contributed by atoms with Crippen LogP contribution in [0.2, 0.25) is 0 Å². The van der Waals surface area contributed by atoms with Crippen molar-refractivity contribution in [1.82, 2.24) is 19.6 Å². The fourth-order valence-corrected chi connectivity index (χ4v) is 12.9. The number of pyridine rings is 1. The molecule has 2 aliphatic carbocycles. The number of nitrogens with zero attached hydrogens (tertiary/aromatic N) is 4. The molecular weight excluding hydrogens is 959 g/mol. The number of carbonyl (C=O) groups excluding carboxylic acids is 1. The van der Waals surface area contributed by atoms with Crippen LogP contribution in [0.5, 0.6) is 23.0 Å². The van der Waals surface area contributed by atoms with Crippen LogP contribution in [0.4, 0.5) is 17.1 Å². The van der Waals surface area contributed by atoms with Crippen LogP contribution in [-0.2, 0) is 10.0 Å². The topological polar surface area (TPSA) is 201 Å². The number of aliphatic hydroxyl groups is 1. The molecule has 17 heteroatoms. The Kier molecular flexibility index (Phi) is 14.4. The summed E-state index contributed by atoms with van der Waals surface area (Å²) in [5.74, 6) is 1.79. The molecule has 0 bridgehead atoms. The number of likely N-dealkylation sites (tertiary alicyclic amines) is 1. The van der Waals surface area contributed by atoms with E-state index in [2.05, 4.69) is 67.9 Å². The summed E-state index contributed by atoms with van der Waals surface area (Å²) in [6, 6.07) is 29.8. The molecule has 2 aliphatic heterocycles. The predicted molar refractivity (Wildman–Crippen MR) is 285 cm³/mol. The third kappa shape index (κ3) is 11.1. The number of sulfonamides is 1. The lowest BCUT2D eigenvalue weighted by Crippen LogP contribution is -2.57. The summed E-state index contributed by atoms with van der Waals surface area (Å²) >= 11 is 0. The molecule has 4 N–H and O–H groups in total. The van der Waals surface area contributed by atoms with Gasteiger partial charge < -0.3 is 34.5 Å². The molecule has 4 fully saturated rings. The van der Waals surface area contributed by atoms with Crippen molar-refractivity contribution in [2.45, 2.75) is 120 Å². The maximum absolute atomic E-state index is 14.1. The molecule has 2 aromatic heterocycles. The minimum absolute atomic E-state index is 0.0344. The molecule has 1 amide bonds. The minimum Gasteiger partial charge on any atom is -0.497 e. The second-order valence-electron chi connectivity index (χ2n) is 21.6. The number of anilines is 2. The molecule has 2 saturated carbocycles. The number of fused-ring (bicyclic) bond motifs is 1. The van der Waals surface area contributed by atoms with Gasteiger partial charge in [-0.05, 0) is 154 Å². The maximum Gasteiger partial charge on any atom is 0.293 e. The Labute approximate surface area is 433 Å². The van der Waals surface area contributed by atoms with E-state index in [1.54, 1.807) is 31.5 Å². The van der Waals surface area contributed by atoms with Gasteiger partial charge >= 0.3 is 0 Å². The Hall–Kier alpha value is -6.69. The zero-order chi connectivity index (χ0) is 51.8. The van der Waals surface area contributed by atoms with Gasteiger partial charge in [-0.25, -0.2) is 18.1 Å². The van der Waals surface area contributed by atoms with Crippen LogP contribution >= 0.6 is 0 Å². The predicted octanol–water partition coefficient (Wildman–Crippen LogP) is 10.9. The van der Waals surface area contributed by atoms with E-state index < -0.39 is 37.0 Å². The van der Waals surface area contributed by atoms with Gasteiger partial charge in [-0.3, -0.25) is 19.8 Å². The Morgan fingerprint density at radius 1 is 0.919 bits per heavy atom. The number of carbonyl (C=O) groups is 1. The number of aromatic amines is 1. The molecule has 2 unspecified atom stereocenters. The summed E-state index contributed by atoms with van der Waals surface area (Å²) in [5.41, 5.74) is 3.48. The van der Waals surface area contributed by atoms with Crippen molar-refractivity contribution in [3.8, 4) is 23.0 Å². The molecule has 16 nitrogen and oxygen atoms in total. The highest BCUT2D eigenvalue weighted by Gasteiger charge is 2.50. The van der Waals surface area contributed by atoms with Crippen LogP contribution < -0.4 is 29.1 Å². The summed E-state index contributed by atoms with van der Waals surface area (Å²) in [6.07, 6.45) is 12.3. The number of ether oxygens (including phenoxy) is 3. The first-order chi connectivity index (χ1) is 35.5. The third-order valence-corrected chi connectivity index (χ3v) is 17.5. The number of H-pyrrole nitrogens is 1. The average molecular weight is 1030 g/mol. The zero-order valence-corrected chi connectivity index (χ0v) is 43.4. The number of rotatable bonds is 16. The molecule has 74 heavy (non-hydrogen) atoms. The highest BCUT2D eigenvalue weighted by Crippen LogP contribution is 2.54. The Morgan fingerprint density at radius 3 is 2.39 bits per heavy atom. The van der Waals surface area contributed by atoms with E-state index in [-0.39, 0.29) is 40.5 Å². The number of nitro groups is 1. The van der Waals surface area contributed by atoms with E-state index in [0.29, 0.717) is 42.7 Å². The Balaban J connectivity index is 0.830. The summed E-state index contributed by atoms with van der Waals surface area (Å²) < 4.78 is 48.3. The normalized spacial score (nSPS) is 22.3. The smallest absolute Gasteiger partial charge is 0.293 e. The number of hydrogen-bond acceptors (Lipinski definition) is 13. The monoisotopic (exact) mass is 1030 g/mol. The second-order valence-corrected chi connectivity index (χ2v) is 23.3. The molecule has 0 radical (unpaired) electrons. The SMILES string of the molecule is COc1ccc(OC2CCN(C3CC4(CCN(c5ccc(C(=O)NS(=O)(=O)c6ccc(NCC7CCC(C)(O)CC7)c([N+](=O)[O-])c6)c(Oc6cnc7[nH]ccc7c6)c5)CC4)C3)C(c3ccccc3C(C)C)C2)cc1. The van der Waals surface area contributed by atoms with Crippen LogP contribution in [0.1, 0.15) is 118 Å². The maximum atomic E-state index is 14.1. The average Bonchev–Trinajstić information content (AvgIpc) is 3.86. The molecule has 4 aliphatic rings. The van der Waals surface area contributed by atoms with Crippen molar-refractivity contribution in [1.29, 1.82) is 0 Å². The molecule has 1 spiro atoms. The first kappa shape index (κ1) is 50.8. The lowest BCUT2D eigenvalue weighted by Gasteiger charge is -2.58. The van der Waals surface area contributed by atoms with Crippen molar-refractivity contribution in [3.63, 3.8) is 0 Å². The van der Waals surface area contributed by atoms with E-state index in [4.69, 9.17) is 14.2 Å². The Bertz CT molecular complexity index is 3100. The Morgan fingerprint density at radius 2 is 1.66 bits per heavy atom. The molecular formula is C57H67N7O9S. The van der Waals surface area contributed by atoms with E-state index in [9.17, 15) is 28.4 Å². The fourth-order valence-electron chi connectivity index (χ4n) is 11.9. The number of nitro benzene ring substituents is 1. The van der Waals surface area contributed by atoms with Gasteiger partial charge in [-0.1, -0.05) is 38.1 Å². The van der Waals surface area contributed by atoms with Crippen molar-refractivity contribution in [2.75, 3.05) is 43.5 Å². The quantitative estimate of drug-likeness (QED) is 0.0527. The molecule has 6 aromatic rings. The number of hydrogen-bond donors (Lipinski definition) is 4. The third-order valence-electron chi connectivity index (χ3n) is 16.2. The highest BCUT2D eigenvalue weighted by atomic mass is 32.2. The van der Waals surface area contributed by atoms with Crippen molar-refractivity contribution < 1.29 is 37.5 Å². The van der Waals surface area contributed by atoms with Gasteiger partial charge in [-0.15, -0.1) is 0 Å². The van der Waals surface area contributed by atoms with Gasteiger partial charge in [0.1, 0.15) is 40.4 Å². The summed E-state index contributed by atoms with van der Waals surface area (Å²) in [5, 5.41) is 26.5. The zero-order valence-electron chi connectivity index (χ0n) is 42.6. The van der Waals surface area contributed by atoms with Gasteiger partial charge in [0, 0.05) is 74.1 Å². The molecule has 4 heterocycles. The van der Waals surface area contributed by atoms with Crippen LogP contribution in [-0.4, -0.2) is 90.3 Å². The van der Waals surface area contributed by atoms with Crippen LogP contribution in [0.25, 0.3) is 11.0 Å². The summed E-state index contributed by atoms with van der Waals surface area (Å²) in [7, 11) is -2.92. The lowest BCUT2D eigenvalue weighted by molar-refractivity contribution is -0.384. The summed E-state index contributed by atoms with van der Waals surface area (Å²) in [6.45, 7) is 9.34. The standard InChI is InChI=1S/C57H67N7O9S/c1-37(2)47-7-5-6-8-48(47)51-31-44(72-43-12-10-42(71-4)11-13-43)20-26-63(51)41-33-57(34-41)23-27-62(28-24-57)40-9-15-49(53(30-40)73-45-29-39-19-25-58-54(39)60-36-45)55(65)61-74(69,70)46-14-16-50(52(32-46)64(67)68)59-35-38-17-21-56(3,66)22-18-38/h5-16,19,25,29-30,32,36-38,41,44,51,59,66H,17-18,20-24,26-28,31,33-35H2,1-4H3,(H,58,60)(H,61,65). The second kappa shape index (κ2) is 20.9. The van der Waals surface area contributed by atoms with E-state index in [1.807, 2.05) is 43.3 Å². The van der Waals surface area contributed by atoms with Crippen LogP contribution in [0, 0.1) is 21.4 Å². The molecule has 4 aromatic carbocycles. The number of methoxy groups -OCH3 is 1. The first-order valence-corrected chi connectivity index (χ1v) is 27.5. The van der Waals surface area contributed by atoms with Crippen LogP contribution in [0.3, 0.4) is 0 Å². The van der Waals surface area contributed by atoms with Gasteiger partial charge in [-0.2, -0.15) is 0 Å². The number of amides is 1. The number of aromatic nitrogens is 2. The van der Waals surface area contributed by atoms with Gasteiger partial charge in [0.25, 0.3) is 21.6 Å². The molecule has 10 rings (SSSR count). The van der Waals surface area contributed by atoms with Crippen molar-refractivity contribution in [3.05, 3.63) is 136 Å². The fraction of sp³-hybridized carbons (Fsp3) is 0.439. The molecule has 2 saturated heterocycles. The number of piperidine rings is 2. The van der Waals surface area contributed by atoms with E-state index >= 15 is 0 Å². The summed E-state index contributed by atoms with van der Waals surface area (Å²) in [4.78, 5) is 37.9. The van der Waals surface area contributed by atoms with Crippen molar-refractivity contribution in [2.24, 2.45) is 11.3 Å². The van der Waals surface area contributed by atoms with Gasteiger partial charge in [0.2, 0.25) is 0 Å². The molecule has 2 atom stereocenters.